The van der Waals surface area contributed by atoms with Gasteiger partial charge in [0, 0.05) is 0 Å². The molecule has 1 rings (SSSR count). The van der Waals surface area contributed by atoms with Crippen LogP contribution in [0.15, 0.2) is 11.4 Å². The van der Waals surface area contributed by atoms with Crippen molar-refractivity contribution in [3.05, 3.63) is 16.3 Å². The van der Waals surface area contributed by atoms with Crippen LogP contribution in [0, 0.1) is 12.3 Å². The van der Waals surface area contributed by atoms with E-state index in [1.807, 2.05) is 12.3 Å². The number of carbonyl (C=O) groups is 1. The van der Waals surface area contributed by atoms with Crippen molar-refractivity contribution >= 4 is 17.2 Å². The molecule has 4 heteroatoms. The maximum Gasteiger partial charge on any atom is 0.266 e. The Morgan fingerprint density at radius 2 is 2.38 bits per heavy atom. The van der Waals surface area contributed by atoms with Gasteiger partial charge in [-0.2, -0.15) is 0 Å². The van der Waals surface area contributed by atoms with Crippen molar-refractivity contribution in [2.75, 3.05) is 6.61 Å². The average Bonchev–Trinajstić information content (AvgIpc) is 2.66. The minimum atomic E-state index is -0.648. The molecule has 0 aromatic carbocycles. The summed E-state index contributed by atoms with van der Waals surface area (Å²) in [5, 5.41) is 4.58. The predicted octanol–water partition coefficient (Wildman–Crippen LogP) is 2.29. The molecule has 0 spiro atoms. The van der Waals surface area contributed by atoms with Gasteiger partial charge in [-0.15, -0.1) is 17.8 Å². The Morgan fingerprint density at radius 1 is 1.69 bits per heavy atom. The lowest BCUT2D eigenvalue weighted by atomic mass is 10.1. The quantitative estimate of drug-likeness (QED) is 0.816. The molecule has 0 aliphatic heterocycles. The second-order valence-corrected chi connectivity index (χ2v) is 4.69. The van der Waals surface area contributed by atoms with Crippen LogP contribution in [0.2, 0.25) is 0 Å². The van der Waals surface area contributed by atoms with Crippen LogP contribution in [0.4, 0.5) is 0 Å². The normalized spacial score (nSPS) is 10.6. The molecule has 0 saturated heterocycles. The molecule has 1 aromatic heterocycles. The fraction of sp³-hybridized carbons (Fsp3) is 0.417. The Hall–Kier alpha value is -1.47. The Bertz CT molecular complexity index is 415. The summed E-state index contributed by atoms with van der Waals surface area (Å²) in [6, 6.07) is 1.78. The molecule has 1 heterocycles. The van der Waals surface area contributed by atoms with Crippen molar-refractivity contribution in [1.82, 2.24) is 5.32 Å². The van der Waals surface area contributed by atoms with Crippen LogP contribution in [0.1, 0.15) is 30.4 Å². The summed E-state index contributed by atoms with van der Waals surface area (Å²) in [6.07, 6.45) is 5.31. The molecule has 0 saturated carbocycles. The fourth-order valence-electron chi connectivity index (χ4n) is 1.11. The standard InChI is InChI=1S/C12H15NO2S/c1-5-12(3,4)13-11(14)10-9(15-6-2)7-8-16-10/h1,7-8H,6H2,2-4H3,(H,13,14). The van der Waals surface area contributed by atoms with E-state index in [0.29, 0.717) is 17.2 Å². The van der Waals surface area contributed by atoms with Crippen LogP contribution >= 0.6 is 11.3 Å². The zero-order chi connectivity index (χ0) is 12.2. The zero-order valence-corrected chi connectivity index (χ0v) is 10.5. The summed E-state index contributed by atoms with van der Waals surface area (Å²) < 4.78 is 5.34. The smallest absolute Gasteiger partial charge is 0.266 e. The summed E-state index contributed by atoms with van der Waals surface area (Å²) in [5.41, 5.74) is -0.648. The number of hydrogen-bond donors (Lipinski definition) is 1. The molecule has 86 valence electrons. The van der Waals surface area contributed by atoms with Gasteiger partial charge in [0.25, 0.3) is 5.91 Å². The van der Waals surface area contributed by atoms with Gasteiger partial charge < -0.3 is 10.1 Å². The van der Waals surface area contributed by atoms with Crippen molar-refractivity contribution < 1.29 is 9.53 Å². The lowest BCUT2D eigenvalue weighted by Gasteiger charge is -2.19. The average molecular weight is 237 g/mol. The number of ether oxygens (including phenoxy) is 1. The zero-order valence-electron chi connectivity index (χ0n) is 9.66. The maximum atomic E-state index is 11.9. The second-order valence-electron chi connectivity index (χ2n) is 3.77. The van der Waals surface area contributed by atoms with Crippen molar-refractivity contribution in [3.63, 3.8) is 0 Å². The van der Waals surface area contributed by atoms with E-state index in [-0.39, 0.29) is 5.91 Å². The summed E-state index contributed by atoms with van der Waals surface area (Å²) in [7, 11) is 0. The molecule has 0 aliphatic carbocycles. The highest BCUT2D eigenvalue weighted by Crippen LogP contribution is 2.25. The van der Waals surface area contributed by atoms with Gasteiger partial charge in [-0.25, -0.2) is 0 Å². The van der Waals surface area contributed by atoms with Gasteiger partial charge in [0.05, 0.1) is 12.1 Å². The predicted molar refractivity (Wildman–Crippen MR) is 65.9 cm³/mol. The fourth-order valence-corrected chi connectivity index (χ4v) is 1.84. The van der Waals surface area contributed by atoms with Crippen LogP contribution in [0.25, 0.3) is 0 Å². The Labute approximate surface area is 99.8 Å². The van der Waals surface area contributed by atoms with Crippen LogP contribution < -0.4 is 10.1 Å². The van der Waals surface area contributed by atoms with Crippen LogP contribution in [-0.4, -0.2) is 18.1 Å². The number of rotatable bonds is 4. The van der Waals surface area contributed by atoms with Gasteiger partial charge >= 0.3 is 0 Å². The highest BCUT2D eigenvalue weighted by Gasteiger charge is 2.21. The van der Waals surface area contributed by atoms with Crippen molar-refractivity contribution in [2.45, 2.75) is 26.3 Å². The molecule has 1 aromatic rings. The number of hydrogen-bond acceptors (Lipinski definition) is 3. The molecule has 3 nitrogen and oxygen atoms in total. The van der Waals surface area contributed by atoms with E-state index in [0.717, 1.165) is 0 Å². The molecule has 0 radical (unpaired) electrons. The number of carbonyl (C=O) groups excluding carboxylic acids is 1. The maximum absolute atomic E-state index is 11.9. The number of nitrogens with one attached hydrogen (secondary N) is 1. The molecule has 1 amide bonds. The minimum absolute atomic E-state index is 0.193. The number of terminal acetylenes is 1. The van der Waals surface area contributed by atoms with Crippen LogP contribution in [0.5, 0.6) is 5.75 Å². The Morgan fingerprint density at radius 3 is 2.94 bits per heavy atom. The highest BCUT2D eigenvalue weighted by molar-refractivity contribution is 7.12. The first-order valence-corrected chi connectivity index (χ1v) is 5.88. The van der Waals surface area contributed by atoms with Crippen LogP contribution in [0.3, 0.4) is 0 Å². The molecular formula is C12H15NO2S. The first kappa shape index (κ1) is 12.6. The number of thiophene rings is 1. The van der Waals surface area contributed by atoms with E-state index < -0.39 is 5.54 Å². The molecule has 0 fully saturated rings. The molecule has 0 atom stereocenters. The topological polar surface area (TPSA) is 38.3 Å². The van der Waals surface area contributed by atoms with Gasteiger partial charge in [-0.05, 0) is 32.2 Å². The lowest BCUT2D eigenvalue weighted by molar-refractivity contribution is 0.0930. The van der Waals surface area contributed by atoms with Crippen molar-refractivity contribution in [1.29, 1.82) is 0 Å². The van der Waals surface area contributed by atoms with E-state index in [9.17, 15) is 4.79 Å². The van der Waals surface area contributed by atoms with Gasteiger partial charge in [0.15, 0.2) is 0 Å². The largest absolute Gasteiger partial charge is 0.492 e. The van der Waals surface area contributed by atoms with Gasteiger partial charge in [-0.1, -0.05) is 5.92 Å². The summed E-state index contributed by atoms with van der Waals surface area (Å²) in [6.45, 7) is 5.97. The SMILES string of the molecule is C#CC(C)(C)NC(=O)c1sccc1OCC. The van der Waals surface area contributed by atoms with Gasteiger partial charge in [-0.3, -0.25) is 4.79 Å². The first-order chi connectivity index (χ1) is 7.50. The second kappa shape index (κ2) is 5.04. The molecule has 0 unspecified atom stereocenters. The third-order valence-corrected chi connectivity index (χ3v) is 2.82. The van der Waals surface area contributed by atoms with E-state index in [1.165, 1.54) is 11.3 Å². The summed E-state index contributed by atoms with van der Waals surface area (Å²) in [5.74, 6) is 2.93. The third kappa shape index (κ3) is 3.01. The monoisotopic (exact) mass is 237 g/mol. The molecule has 0 bridgehead atoms. The van der Waals surface area contributed by atoms with E-state index >= 15 is 0 Å². The number of amides is 1. The van der Waals surface area contributed by atoms with Crippen LogP contribution in [-0.2, 0) is 0 Å². The van der Waals surface area contributed by atoms with Gasteiger partial charge in [0.1, 0.15) is 10.6 Å². The van der Waals surface area contributed by atoms with E-state index in [1.54, 1.807) is 19.9 Å². The third-order valence-electron chi connectivity index (χ3n) is 1.92. The minimum Gasteiger partial charge on any atom is -0.492 e. The van der Waals surface area contributed by atoms with Gasteiger partial charge in [0.2, 0.25) is 0 Å². The highest BCUT2D eigenvalue weighted by atomic mass is 32.1. The van der Waals surface area contributed by atoms with Crippen molar-refractivity contribution in [3.8, 4) is 18.1 Å². The lowest BCUT2D eigenvalue weighted by Crippen LogP contribution is -2.41. The Kier molecular flexibility index (Phi) is 3.97. The molecule has 16 heavy (non-hydrogen) atoms. The first-order valence-electron chi connectivity index (χ1n) is 5.00. The Balaban J connectivity index is 2.81. The van der Waals surface area contributed by atoms with E-state index in [4.69, 9.17) is 11.2 Å². The molecular weight excluding hydrogens is 222 g/mol. The molecule has 1 N–H and O–H groups in total. The summed E-state index contributed by atoms with van der Waals surface area (Å²) >= 11 is 1.34. The van der Waals surface area contributed by atoms with Crippen molar-refractivity contribution in [2.24, 2.45) is 0 Å². The summed E-state index contributed by atoms with van der Waals surface area (Å²) in [4.78, 5) is 12.5. The van der Waals surface area contributed by atoms with E-state index in [2.05, 4.69) is 11.2 Å². The molecule has 0 aliphatic rings.